The number of carboxylic acid groups (broad SMARTS) is 1. The molecule has 2 rings (SSSR count). The molecule has 4 nitrogen and oxygen atoms in total. The van der Waals surface area contributed by atoms with Gasteiger partial charge in [0.05, 0.1) is 5.92 Å². The number of likely N-dealkylation sites (tertiary alicyclic amines) is 1. The molecule has 4 heteroatoms. The van der Waals surface area contributed by atoms with Crippen LogP contribution in [-0.2, 0) is 4.79 Å². The summed E-state index contributed by atoms with van der Waals surface area (Å²) in [6.45, 7) is 10.7. The first kappa shape index (κ1) is 14.6. The highest BCUT2D eigenvalue weighted by Gasteiger charge is 2.37. The van der Waals surface area contributed by atoms with Crippen LogP contribution in [0.15, 0.2) is 0 Å². The van der Waals surface area contributed by atoms with E-state index in [0.29, 0.717) is 13.1 Å². The number of hydrogen-bond donors (Lipinski definition) is 1. The predicted molar refractivity (Wildman–Crippen MR) is 77.2 cm³/mol. The zero-order chi connectivity index (χ0) is 15.2. The Morgan fingerprint density at radius 1 is 0.900 bits per heavy atom. The van der Waals surface area contributed by atoms with Crippen LogP contribution in [0.25, 0.3) is 0 Å². The van der Waals surface area contributed by atoms with E-state index in [1.165, 1.54) is 5.56 Å². The predicted octanol–water partition coefficient (Wildman–Crippen LogP) is 2.39. The monoisotopic (exact) mass is 275 g/mol. The molecule has 0 bridgehead atoms. The van der Waals surface area contributed by atoms with E-state index >= 15 is 0 Å². The molecular formula is C16H21NO3. The first-order chi connectivity index (χ1) is 9.25. The minimum Gasteiger partial charge on any atom is -0.481 e. The molecule has 0 spiro atoms. The smallest absolute Gasteiger partial charge is 0.310 e. The quantitative estimate of drug-likeness (QED) is 0.901. The molecule has 1 amide bonds. The molecule has 1 aliphatic heterocycles. The van der Waals surface area contributed by atoms with Crippen molar-refractivity contribution in [3.8, 4) is 0 Å². The molecule has 0 radical (unpaired) electrons. The molecule has 1 aliphatic rings. The van der Waals surface area contributed by atoms with Gasteiger partial charge in [-0.05, 0) is 62.4 Å². The molecule has 108 valence electrons. The van der Waals surface area contributed by atoms with Gasteiger partial charge in [-0.2, -0.15) is 0 Å². The average Bonchev–Trinajstić information content (AvgIpc) is 2.32. The highest BCUT2D eigenvalue weighted by atomic mass is 16.4. The van der Waals surface area contributed by atoms with Gasteiger partial charge in [0.25, 0.3) is 5.91 Å². The number of carboxylic acids is 1. The largest absolute Gasteiger partial charge is 0.481 e. The first-order valence-electron chi connectivity index (χ1n) is 6.84. The van der Waals surface area contributed by atoms with E-state index in [1.807, 2.05) is 27.7 Å². The van der Waals surface area contributed by atoms with E-state index in [-0.39, 0.29) is 5.91 Å². The van der Waals surface area contributed by atoms with Gasteiger partial charge >= 0.3 is 5.97 Å². The number of carbonyl (C=O) groups is 2. The van der Waals surface area contributed by atoms with Crippen LogP contribution in [0.1, 0.15) is 38.2 Å². The molecule has 1 fully saturated rings. The van der Waals surface area contributed by atoms with Crippen LogP contribution < -0.4 is 0 Å². The Hall–Kier alpha value is -1.84. The summed E-state index contributed by atoms with van der Waals surface area (Å²) >= 11 is 0. The van der Waals surface area contributed by atoms with Crippen molar-refractivity contribution in [2.45, 2.75) is 34.6 Å². The maximum absolute atomic E-state index is 12.6. The Morgan fingerprint density at radius 2 is 1.30 bits per heavy atom. The molecule has 1 N–H and O–H groups in total. The molecule has 1 aromatic rings. The summed E-state index contributed by atoms with van der Waals surface area (Å²) in [6, 6.07) is 0. The second-order valence-corrected chi connectivity index (χ2v) is 5.75. The average molecular weight is 275 g/mol. The van der Waals surface area contributed by atoms with E-state index in [0.717, 1.165) is 27.8 Å². The van der Waals surface area contributed by atoms with Crippen LogP contribution in [-0.4, -0.2) is 35.0 Å². The van der Waals surface area contributed by atoms with Crippen molar-refractivity contribution >= 4 is 11.9 Å². The number of amides is 1. The first-order valence-corrected chi connectivity index (χ1v) is 6.84. The topological polar surface area (TPSA) is 57.6 Å². The summed E-state index contributed by atoms with van der Waals surface area (Å²) in [4.78, 5) is 25.0. The zero-order valence-electron chi connectivity index (χ0n) is 12.7. The second kappa shape index (κ2) is 4.93. The summed E-state index contributed by atoms with van der Waals surface area (Å²) in [7, 11) is 0. The summed E-state index contributed by atoms with van der Waals surface area (Å²) in [5, 5.41) is 8.90. The molecular weight excluding hydrogens is 254 g/mol. The van der Waals surface area contributed by atoms with Gasteiger partial charge in [0.1, 0.15) is 0 Å². The molecule has 20 heavy (non-hydrogen) atoms. The van der Waals surface area contributed by atoms with Gasteiger partial charge in [-0.15, -0.1) is 0 Å². The molecule has 1 heterocycles. The fraction of sp³-hybridized carbons (Fsp3) is 0.500. The van der Waals surface area contributed by atoms with Gasteiger partial charge in [0.15, 0.2) is 0 Å². The minimum absolute atomic E-state index is 0.0382. The van der Waals surface area contributed by atoms with E-state index in [2.05, 4.69) is 6.92 Å². The third-order valence-electron chi connectivity index (χ3n) is 4.73. The second-order valence-electron chi connectivity index (χ2n) is 5.75. The lowest BCUT2D eigenvalue weighted by Gasteiger charge is -2.37. The maximum atomic E-state index is 12.6. The van der Waals surface area contributed by atoms with Gasteiger partial charge in [0.2, 0.25) is 0 Å². The number of rotatable bonds is 2. The fourth-order valence-electron chi connectivity index (χ4n) is 2.78. The Labute approximate surface area is 119 Å². The lowest BCUT2D eigenvalue weighted by atomic mass is 9.88. The van der Waals surface area contributed by atoms with Crippen LogP contribution in [0.5, 0.6) is 0 Å². The normalized spacial score (nSPS) is 15.2. The summed E-state index contributed by atoms with van der Waals surface area (Å²) < 4.78 is 0. The van der Waals surface area contributed by atoms with Gasteiger partial charge in [-0.25, -0.2) is 0 Å². The van der Waals surface area contributed by atoms with Crippen molar-refractivity contribution < 1.29 is 14.7 Å². The van der Waals surface area contributed by atoms with Crippen molar-refractivity contribution in [3.05, 3.63) is 33.4 Å². The maximum Gasteiger partial charge on any atom is 0.310 e. The molecule has 0 aromatic heterocycles. The third kappa shape index (κ3) is 2.09. The van der Waals surface area contributed by atoms with Crippen molar-refractivity contribution in [2.75, 3.05) is 13.1 Å². The summed E-state index contributed by atoms with van der Waals surface area (Å²) in [5.74, 6) is -1.27. The Balaban J connectivity index is 2.35. The van der Waals surface area contributed by atoms with Crippen LogP contribution in [0.3, 0.4) is 0 Å². The summed E-state index contributed by atoms with van der Waals surface area (Å²) in [6.07, 6.45) is 0. The molecule has 0 saturated carbocycles. The molecule has 0 unspecified atom stereocenters. The molecule has 0 aliphatic carbocycles. The van der Waals surface area contributed by atoms with E-state index in [4.69, 9.17) is 5.11 Å². The molecule has 1 aromatic carbocycles. The van der Waals surface area contributed by atoms with Crippen LogP contribution in [0, 0.1) is 40.5 Å². The zero-order valence-corrected chi connectivity index (χ0v) is 12.7. The summed E-state index contributed by atoms with van der Waals surface area (Å²) in [5.41, 5.74) is 6.28. The molecule has 0 atom stereocenters. The van der Waals surface area contributed by atoms with Gasteiger partial charge in [0, 0.05) is 18.7 Å². The van der Waals surface area contributed by atoms with E-state index in [9.17, 15) is 9.59 Å². The van der Waals surface area contributed by atoms with Crippen LogP contribution in [0.2, 0.25) is 0 Å². The Morgan fingerprint density at radius 3 is 1.70 bits per heavy atom. The van der Waals surface area contributed by atoms with Gasteiger partial charge < -0.3 is 10.0 Å². The van der Waals surface area contributed by atoms with E-state index < -0.39 is 11.9 Å². The van der Waals surface area contributed by atoms with Gasteiger partial charge in [-0.3, -0.25) is 9.59 Å². The van der Waals surface area contributed by atoms with Crippen LogP contribution in [0.4, 0.5) is 0 Å². The lowest BCUT2D eigenvalue weighted by Crippen LogP contribution is -2.53. The van der Waals surface area contributed by atoms with Crippen molar-refractivity contribution in [1.29, 1.82) is 0 Å². The van der Waals surface area contributed by atoms with Crippen molar-refractivity contribution in [3.63, 3.8) is 0 Å². The third-order valence-corrected chi connectivity index (χ3v) is 4.73. The highest BCUT2D eigenvalue weighted by molar-refractivity contribution is 5.99. The number of aliphatic carboxylic acids is 1. The van der Waals surface area contributed by atoms with Crippen molar-refractivity contribution in [1.82, 2.24) is 4.90 Å². The van der Waals surface area contributed by atoms with Crippen LogP contribution >= 0.6 is 0 Å². The number of hydrogen-bond acceptors (Lipinski definition) is 2. The van der Waals surface area contributed by atoms with E-state index in [1.54, 1.807) is 4.90 Å². The van der Waals surface area contributed by atoms with Gasteiger partial charge in [-0.1, -0.05) is 0 Å². The Bertz CT molecular complexity index is 569. The number of benzene rings is 1. The molecule has 1 saturated heterocycles. The standard InChI is InChI=1S/C16H21NO3/c1-8-9(2)11(4)14(12(5)10(8)3)15(18)17-6-13(7-17)16(19)20/h13H,6-7H2,1-5H3,(H,19,20). The Kier molecular flexibility index (Phi) is 3.59. The minimum atomic E-state index is -0.821. The lowest BCUT2D eigenvalue weighted by molar-refractivity contribution is -0.146. The fourth-order valence-corrected chi connectivity index (χ4v) is 2.78. The highest BCUT2D eigenvalue weighted by Crippen LogP contribution is 2.29. The SMILES string of the molecule is Cc1c(C)c(C)c(C(=O)N2CC(C(=O)O)C2)c(C)c1C. The number of carbonyl (C=O) groups excluding carboxylic acids is 1. The van der Waals surface area contributed by atoms with Crippen molar-refractivity contribution in [2.24, 2.45) is 5.92 Å². The number of nitrogens with zero attached hydrogens (tertiary/aromatic N) is 1.